The van der Waals surface area contributed by atoms with Gasteiger partial charge in [-0.15, -0.1) is 0 Å². The fraction of sp³-hybridized carbons (Fsp3) is 0.643. The highest BCUT2D eigenvalue weighted by Gasteiger charge is 2.33. The van der Waals surface area contributed by atoms with Gasteiger partial charge in [0, 0.05) is 18.2 Å². The van der Waals surface area contributed by atoms with Gasteiger partial charge in [-0.3, -0.25) is 0 Å². The number of hydrogen-bond donors (Lipinski definition) is 0. The molecule has 1 atom stereocenters. The maximum absolute atomic E-state index is 9.23. The van der Waals surface area contributed by atoms with E-state index in [-0.39, 0.29) is 5.41 Å². The van der Waals surface area contributed by atoms with Crippen LogP contribution in [-0.4, -0.2) is 35.3 Å². The molecule has 0 aromatic carbocycles. The fourth-order valence-corrected chi connectivity index (χ4v) is 2.66. The van der Waals surface area contributed by atoms with Crippen LogP contribution >= 0.6 is 22.6 Å². The van der Waals surface area contributed by atoms with Crippen molar-refractivity contribution in [1.29, 1.82) is 5.26 Å². The molecule has 0 saturated carbocycles. The van der Waals surface area contributed by atoms with Gasteiger partial charge in [0.1, 0.15) is 11.6 Å². The van der Waals surface area contributed by atoms with Crippen LogP contribution in [0, 0.1) is 14.9 Å². The molecular weight excluding hydrogens is 367 g/mol. The smallest absolute Gasteiger partial charge is 0.168 e. The predicted molar refractivity (Wildman–Crippen MR) is 85.6 cm³/mol. The van der Waals surface area contributed by atoms with Crippen LogP contribution in [0.4, 0.5) is 5.82 Å². The average molecular weight is 386 g/mol. The number of rotatable bonds is 1. The standard InChI is InChI=1S/C14H19IN4O/c1-13(2,3)12-17-7-10(15)11(18-12)19-5-6-20-14(4,8-16)9-19/h7H,5-6,9H2,1-4H3. The summed E-state index contributed by atoms with van der Waals surface area (Å²) < 4.78 is 6.55. The molecule has 5 nitrogen and oxygen atoms in total. The summed E-state index contributed by atoms with van der Waals surface area (Å²) in [6, 6.07) is 2.23. The van der Waals surface area contributed by atoms with Crippen molar-refractivity contribution in [3.05, 3.63) is 15.6 Å². The van der Waals surface area contributed by atoms with Crippen LogP contribution in [0.3, 0.4) is 0 Å². The first kappa shape index (κ1) is 15.4. The molecule has 0 N–H and O–H groups in total. The number of halogens is 1. The molecule has 0 amide bonds. The molecular formula is C14H19IN4O. The van der Waals surface area contributed by atoms with Crippen LogP contribution in [0.15, 0.2) is 6.20 Å². The molecule has 1 unspecified atom stereocenters. The molecule has 20 heavy (non-hydrogen) atoms. The summed E-state index contributed by atoms with van der Waals surface area (Å²) in [5.74, 6) is 1.72. The Morgan fingerprint density at radius 3 is 2.80 bits per heavy atom. The largest absolute Gasteiger partial charge is 0.357 e. The Morgan fingerprint density at radius 1 is 1.50 bits per heavy atom. The number of nitriles is 1. The lowest BCUT2D eigenvalue weighted by Crippen LogP contribution is -2.50. The van der Waals surface area contributed by atoms with Crippen molar-refractivity contribution < 1.29 is 4.74 Å². The van der Waals surface area contributed by atoms with Gasteiger partial charge in [-0.05, 0) is 29.5 Å². The molecule has 1 aliphatic heterocycles. The van der Waals surface area contributed by atoms with Crippen LogP contribution < -0.4 is 4.90 Å². The van der Waals surface area contributed by atoms with Gasteiger partial charge in [0.05, 0.1) is 22.8 Å². The Balaban J connectivity index is 2.35. The number of hydrogen-bond acceptors (Lipinski definition) is 5. The number of ether oxygens (including phenoxy) is 1. The maximum atomic E-state index is 9.23. The fourth-order valence-electron chi connectivity index (χ4n) is 2.06. The normalized spacial score (nSPS) is 23.5. The highest BCUT2D eigenvalue weighted by Crippen LogP contribution is 2.28. The molecule has 2 heterocycles. The van der Waals surface area contributed by atoms with Crippen molar-refractivity contribution in [3.8, 4) is 6.07 Å². The zero-order chi connectivity index (χ0) is 15.0. The Kier molecular flexibility index (Phi) is 4.21. The molecule has 6 heteroatoms. The van der Waals surface area contributed by atoms with Gasteiger partial charge in [0.15, 0.2) is 5.60 Å². The monoisotopic (exact) mass is 386 g/mol. The molecule has 1 aliphatic rings. The molecule has 1 fully saturated rings. The summed E-state index contributed by atoms with van der Waals surface area (Å²) >= 11 is 2.24. The Hall–Kier alpha value is -0.940. The summed E-state index contributed by atoms with van der Waals surface area (Å²) in [6.45, 7) is 9.91. The van der Waals surface area contributed by atoms with Crippen molar-refractivity contribution in [1.82, 2.24) is 9.97 Å². The highest BCUT2D eigenvalue weighted by atomic mass is 127. The molecule has 1 aromatic rings. The first-order valence-electron chi connectivity index (χ1n) is 6.58. The minimum atomic E-state index is -0.770. The summed E-state index contributed by atoms with van der Waals surface area (Å²) in [5, 5.41) is 9.23. The third-order valence-electron chi connectivity index (χ3n) is 3.21. The van der Waals surface area contributed by atoms with Crippen LogP contribution in [0.2, 0.25) is 0 Å². The summed E-state index contributed by atoms with van der Waals surface area (Å²) in [7, 11) is 0. The minimum absolute atomic E-state index is 0.0933. The maximum Gasteiger partial charge on any atom is 0.168 e. The Bertz CT molecular complexity index is 549. The summed E-state index contributed by atoms with van der Waals surface area (Å²) in [4.78, 5) is 11.2. The second-order valence-corrected chi connectivity index (χ2v) is 7.39. The lowest BCUT2D eigenvalue weighted by Gasteiger charge is -2.37. The summed E-state index contributed by atoms with van der Waals surface area (Å²) in [5.41, 5.74) is -0.863. The van der Waals surface area contributed by atoms with Crippen LogP contribution in [-0.2, 0) is 10.2 Å². The van der Waals surface area contributed by atoms with Gasteiger partial charge in [-0.1, -0.05) is 20.8 Å². The third-order valence-corrected chi connectivity index (χ3v) is 3.97. The van der Waals surface area contributed by atoms with Gasteiger partial charge < -0.3 is 9.64 Å². The SMILES string of the molecule is CC1(C#N)CN(c2nc(C(C)(C)C)ncc2I)CCO1. The zero-order valence-corrected chi connectivity index (χ0v) is 14.4. The van der Waals surface area contributed by atoms with Gasteiger partial charge >= 0.3 is 0 Å². The molecule has 0 aliphatic carbocycles. The predicted octanol–water partition coefficient (Wildman–Crippen LogP) is 2.50. The average Bonchev–Trinajstić information content (AvgIpc) is 2.38. The Labute approximate surface area is 133 Å². The van der Waals surface area contributed by atoms with Gasteiger partial charge in [-0.25, -0.2) is 9.97 Å². The van der Waals surface area contributed by atoms with E-state index < -0.39 is 5.60 Å². The summed E-state index contributed by atoms with van der Waals surface area (Å²) in [6.07, 6.45) is 1.85. The first-order chi connectivity index (χ1) is 9.25. The number of morpholine rings is 1. The van der Waals surface area contributed by atoms with Crippen LogP contribution in [0.25, 0.3) is 0 Å². The molecule has 1 aromatic heterocycles. The van der Waals surface area contributed by atoms with Crippen molar-refractivity contribution in [2.45, 2.75) is 38.7 Å². The molecule has 0 spiro atoms. The molecule has 1 saturated heterocycles. The third kappa shape index (κ3) is 3.20. The highest BCUT2D eigenvalue weighted by molar-refractivity contribution is 14.1. The topological polar surface area (TPSA) is 62.0 Å². The van der Waals surface area contributed by atoms with Crippen molar-refractivity contribution in [3.63, 3.8) is 0 Å². The molecule has 0 bridgehead atoms. The van der Waals surface area contributed by atoms with E-state index in [1.165, 1.54) is 0 Å². The van der Waals surface area contributed by atoms with Crippen molar-refractivity contribution >= 4 is 28.4 Å². The van der Waals surface area contributed by atoms with E-state index >= 15 is 0 Å². The van der Waals surface area contributed by atoms with E-state index in [0.717, 1.165) is 21.8 Å². The number of aromatic nitrogens is 2. The van der Waals surface area contributed by atoms with E-state index in [4.69, 9.17) is 9.72 Å². The van der Waals surface area contributed by atoms with Gasteiger partial charge in [0.2, 0.25) is 0 Å². The van der Waals surface area contributed by atoms with Crippen molar-refractivity contribution in [2.24, 2.45) is 0 Å². The molecule has 108 valence electrons. The number of anilines is 1. The Morgan fingerprint density at radius 2 is 2.20 bits per heavy atom. The van der Waals surface area contributed by atoms with E-state index in [1.807, 2.05) is 13.1 Å². The van der Waals surface area contributed by atoms with Gasteiger partial charge in [-0.2, -0.15) is 5.26 Å². The van der Waals surface area contributed by atoms with E-state index in [9.17, 15) is 5.26 Å². The van der Waals surface area contributed by atoms with Crippen LogP contribution in [0.5, 0.6) is 0 Å². The molecule has 2 rings (SSSR count). The second-order valence-electron chi connectivity index (χ2n) is 6.23. The number of nitrogens with zero attached hydrogens (tertiary/aromatic N) is 4. The first-order valence-corrected chi connectivity index (χ1v) is 7.66. The lowest BCUT2D eigenvalue weighted by atomic mass is 9.96. The van der Waals surface area contributed by atoms with E-state index in [1.54, 1.807) is 0 Å². The van der Waals surface area contributed by atoms with Crippen molar-refractivity contribution in [2.75, 3.05) is 24.6 Å². The minimum Gasteiger partial charge on any atom is -0.357 e. The van der Waals surface area contributed by atoms with E-state index in [0.29, 0.717) is 13.2 Å². The lowest BCUT2D eigenvalue weighted by molar-refractivity contribution is -0.000262. The quantitative estimate of drug-likeness (QED) is 0.695. The molecule has 0 radical (unpaired) electrons. The zero-order valence-electron chi connectivity index (χ0n) is 12.3. The second kappa shape index (κ2) is 5.45. The van der Waals surface area contributed by atoms with Crippen LogP contribution in [0.1, 0.15) is 33.5 Å². The van der Waals surface area contributed by atoms with E-state index in [2.05, 4.69) is 59.3 Å². The van der Waals surface area contributed by atoms with Gasteiger partial charge in [0.25, 0.3) is 0 Å².